The minimum absolute atomic E-state index is 0.0112. The van der Waals surface area contributed by atoms with Crippen LogP contribution in [0, 0.1) is 10.1 Å². The van der Waals surface area contributed by atoms with Crippen molar-refractivity contribution in [3.8, 4) is 28.7 Å². The molecule has 0 saturated heterocycles. The number of fused-ring (bicyclic) bond motifs is 1. The van der Waals surface area contributed by atoms with Gasteiger partial charge in [-0.05, 0) is 52.3 Å². The Labute approximate surface area is 190 Å². The van der Waals surface area contributed by atoms with Crippen molar-refractivity contribution in [1.82, 2.24) is 4.98 Å². The summed E-state index contributed by atoms with van der Waals surface area (Å²) in [4.78, 5) is 19.4. The van der Waals surface area contributed by atoms with Crippen LogP contribution in [0.3, 0.4) is 0 Å². The molecule has 162 valence electrons. The number of phenols is 1. The Balaban J connectivity index is 1.67. The van der Waals surface area contributed by atoms with E-state index in [1.54, 1.807) is 25.3 Å². The van der Waals surface area contributed by atoms with Gasteiger partial charge in [0.25, 0.3) is 5.69 Å². The van der Waals surface area contributed by atoms with Crippen LogP contribution in [-0.2, 0) is 0 Å². The SMILES string of the molecule is COc1ccc(-c2nc3cc(N=Cc4cc([N+](=O)[O-])cc(OC)c4O)ccc3o2)cc1Br. The second-order valence-electron chi connectivity index (χ2n) is 6.62. The number of non-ortho nitro benzene ring substituents is 1. The summed E-state index contributed by atoms with van der Waals surface area (Å²) in [6.07, 6.45) is 1.33. The maximum atomic E-state index is 11.1. The average Bonchev–Trinajstić information content (AvgIpc) is 3.21. The molecule has 0 saturated carbocycles. The normalized spacial score (nSPS) is 11.2. The molecule has 1 N–H and O–H groups in total. The molecule has 4 aromatic rings. The van der Waals surface area contributed by atoms with E-state index in [2.05, 4.69) is 25.9 Å². The highest BCUT2D eigenvalue weighted by atomic mass is 79.9. The topological polar surface area (TPSA) is 120 Å². The number of oxazole rings is 1. The summed E-state index contributed by atoms with van der Waals surface area (Å²) >= 11 is 3.45. The first-order valence-corrected chi connectivity index (χ1v) is 10.0. The van der Waals surface area contributed by atoms with E-state index in [-0.39, 0.29) is 22.7 Å². The lowest BCUT2D eigenvalue weighted by molar-refractivity contribution is -0.385. The predicted molar refractivity (Wildman–Crippen MR) is 122 cm³/mol. The lowest BCUT2D eigenvalue weighted by Crippen LogP contribution is -1.94. The summed E-state index contributed by atoms with van der Waals surface area (Å²) in [5, 5.41) is 21.4. The average molecular weight is 498 g/mol. The summed E-state index contributed by atoms with van der Waals surface area (Å²) in [7, 11) is 2.90. The molecule has 0 amide bonds. The zero-order valence-corrected chi connectivity index (χ0v) is 18.5. The van der Waals surface area contributed by atoms with Crippen LogP contribution in [0.1, 0.15) is 5.56 Å². The van der Waals surface area contributed by atoms with Crippen molar-refractivity contribution in [3.05, 3.63) is 68.7 Å². The van der Waals surface area contributed by atoms with Crippen LogP contribution in [0.15, 0.2) is 62.4 Å². The number of aromatic nitrogens is 1. The van der Waals surface area contributed by atoms with Crippen LogP contribution >= 0.6 is 15.9 Å². The fourth-order valence-electron chi connectivity index (χ4n) is 3.04. The van der Waals surface area contributed by atoms with Crippen LogP contribution < -0.4 is 9.47 Å². The molecule has 1 aromatic heterocycles. The van der Waals surface area contributed by atoms with Gasteiger partial charge < -0.3 is 19.0 Å². The number of halogens is 1. The predicted octanol–water partition coefficient (Wildman–Crippen LogP) is 5.64. The molecule has 0 aliphatic rings. The number of methoxy groups -OCH3 is 2. The van der Waals surface area contributed by atoms with E-state index in [4.69, 9.17) is 13.9 Å². The fourth-order valence-corrected chi connectivity index (χ4v) is 3.58. The second-order valence-corrected chi connectivity index (χ2v) is 7.48. The number of aromatic hydroxyl groups is 1. The van der Waals surface area contributed by atoms with Gasteiger partial charge in [0.05, 0.1) is 35.4 Å². The van der Waals surface area contributed by atoms with Gasteiger partial charge in [-0.3, -0.25) is 15.1 Å². The molecule has 9 nitrogen and oxygen atoms in total. The van der Waals surface area contributed by atoms with Gasteiger partial charge in [0, 0.05) is 23.4 Å². The van der Waals surface area contributed by atoms with Crippen molar-refractivity contribution in [3.63, 3.8) is 0 Å². The van der Waals surface area contributed by atoms with Crippen molar-refractivity contribution >= 4 is 44.6 Å². The third-order valence-electron chi connectivity index (χ3n) is 4.64. The molecule has 0 unspecified atom stereocenters. The molecule has 0 bridgehead atoms. The number of benzene rings is 3. The Kier molecular flexibility index (Phi) is 5.78. The highest BCUT2D eigenvalue weighted by Gasteiger charge is 2.16. The van der Waals surface area contributed by atoms with E-state index in [9.17, 15) is 15.2 Å². The maximum absolute atomic E-state index is 11.1. The summed E-state index contributed by atoms with van der Waals surface area (Å²) in [5.74, 6) is 0.882. The molecular formula is C22H16BrN3O6. The Morgan fingerprint density at radius 2 is 1.91 bits per heavy atom. The van der Waals surface area contributed by atoms with Crippen molar-refractivity contribution in [2.75, 3.05) is 14.2 Å². The van der Waals surface area contributed by atoms with Gasteiger partial charge in [0.15, 0.2) is 17.1 Å². The fraction of sp³-hybridized carbons (Fsp3) is 0.0909. The van der Waals surface area contributed by atoms with Crippen molar-refractivity contribution < 1.29 is 23.9 Å². The number of rotatable bonds is 6. The van der Waals surface area contributed by atoms with Gasteiger partial charge in [0.1, 0.15) is 11.3 Å². The van der Waals surface area contributed by atoms with Crippen LogP contribution in [0.2, 0.25) is 0 Å². The van der Waals surface area contributed by atoms with Crippen LogP contribution in [0.4, 0.5) is 11.4 Å². The summed E-state index contributed by atoms with van der Waals surface area (Å²) in [5.41, 5.74) is 2.39. The van der Waals surface area contributed by atoms with Crippen LogP contribution in [-0.4, -0.2) is 35.4 Å². The number of hydrogen-bond acceptors (Lipinski definition) is 8. The van der Waals surface area contributed by atoms with Crippen molar-refractivity contribution in [2.24, 2.45) is 4.99 Å². The number of ether oxygens (including phenoxy) is 2. The number of aliphatic imine (C=N–C) groups is 1. The third kappa shape index (κ3) is 4.12. The largest absolute Gasteiger partial charge is 0.504 e. The standard InChI is InChI=1S/C22H16BrN3O6/c1-30-18-5-3-12(8-16(18)23)22-25-17-9-14(4-6-19(17)32-22)24-11-13-7-15(26(28)29)10-20(31-2)21(13)27/h3-11,27H,1-2H3. The van der Waals surface area contributed by atoms with E-state index in [0.717, 1.165) is 16.1 Å². The Bertz CT molecular complexity index is 1370. The quantitative estimate of drug-likeness (QED) is 0.208. The molecule has 3 aromatic carbocycles. The first kappa shape index (κ1) is 21.3. The molecule has 0 spiro atoms. The van der Waals surface area contributed by atoms with Crippen molar-refractivity contribution in [1.29, 1.82) is 0 Å². The first-order chi connectivity index (χ1) is 15.4. The molecule has 0 aliphatic carbocycles. The lowest BCUT2D eigenvalue weighted by atomic mass is 10.1. The summed E-state index contributed by atoms with van der Waals surface area (Å²) < 4.78 is 16.9. The van der Waals surface area contributed by atoms with E-state index >= 15 is 0 Å². The molecule has 0 fully saturated rings. The smallest absolute Gasteiger partial charge is 0.274 e. The van der Waals surface area contributed by atoms with E-state index in [1.165, 1.54) is 19.4 Å². The maximum Gasteiger partial charge on any atom is 0.274 e. The Morgan fingerprint density at radius 1 is 1.12 bits per heavy atom. The number of hydrogen-bond donors (Lipinski definition) is 1. The monoisotopic (exact) mass is 497 g/mol. The van der Waals surface area contributed by atoms with Gasteiger partial charge in [-0.2, -0.15) is 0 Å². The van der Waals surface area contributed by atoms with Gasteiger partial charge in [-0.25, -0.2) is 4.98 Å². The van der Waals surface area contributed by atoms with Gasteiger partial charge in [0.2, 0.25) is 5.89 Å². The Morgan fingerprint density at radius 3 is 2.59 bits per heavy atom. The number of phenolic OH excluding ortho intramolecular Hbond substituents is 1. The zero-order chi connectivity index (χ0) is 22.8. The first-order valence-electron chi connectivity index (χ1n) is 9.23. The molecule has 0 atom stereocenters. The third-order valence-corrected chi connectivity index (χ3v) is 5.26. The molecule has 4 rings (SSSR count). The lowest BCUT2D eigenvalue weighted by Gasteiger charge is -2.05. The van der Waals surface area contributed by atoms with E-state index in [1.807, 2.05) is 18.2 Å². The van der Waals surface area contributed by atoms with Crippen LogP contribution in [0.5, 0.6) is 17.2 Å². The zero-order valence-electron chi connectivity index (χ0n) is 16.9. The molecule has 1 heterocycles. The molecular weight excluding hydrogens is 482 g/mol. The molecule has 0 aliphatic heterocycles. The second kappa shape index (κ2) is 8.67. The highest BCUT2D eigenvalue weighted by molar-refractivity contribution is 9.10. The molecule has 32 heavy (non-hydrogen) atoms. The van der Waals surface area contributed by atoms with Gasteiger partial charge in [-0.1, -0.05) is 0 Å². The number of nitrogens with zero attached hydrogens (tertiary/aromatic N) is 3. The van der Waals surface area contributed by atoms with Crippen molar-refractivity contribution in [2.45, 2.75) is 0 Å². The van der Waals surface area contributed by atoms with Crippen LogP contribution in [0.25, 0.3) is 22.6 Å². The van der Waals surface area contributed by atoms with Gasteiger partial charge in [-0.15, -0.1) is 0 Å². The number of nitro benzene ring substituents is 1. The van der Waals surface area contributed by atoms with Gasteiger partial charge >= 0.3 is 0 Å². The highest BCUT2D eigenvalue weighted by Crippen LogP contribution is 2.35. The minimum Gasteiger partial charge on any atom is -0.504 e. The Hall–Kier alpha value is -3.92. The minimum atomic E-state index is -0.570. The molecule has 0 radical (unpaired) electrons. The van der Waals surface area contributed by atoms with E-state index < -0.39 is 4.92 Å². The summed E-state index contributed by atoms with van der Waals surface area (Å²) in [6, 6.07) is 13.0. The van der Waals surface area contributed by atoms with E-state index in [0.29, 0.717) is 28.4 Å². The summed E-state index contributed by atoms with van der Waals surface area (Å²) in [6.45, 7) is 0. The number of nitro groups is 1. The molecule has 10 heteroatoms.